The van der Waals surface area contributed by atoms with Crippen molar-refractivity contribution in [2.24, 2.45) is 11.7 Å². The summed E-state index contributed by atoms with van der Waals surface area (Å²) in [5.41, 5.74) is 10.9. The highest BCUT2D eigenvalue weighted by atomic mass is 19.1. The number of aromatic nitrogens is 4. The molecule has 3 heterocycles. The summed E-state index contributed by atoms with van der Waals surface area (Å²) in [5, 5.41) is 3.13. The van der Waals surface area contributed by atoms with Gasteiger partial charge in [-0.05, 0) is 54.9 Å². The van der Waals surface area contributed by atoms with Crippen LogP contribution in [-0.4, -0.2) is 45.6 Å². The Morgan fingerprint density at radius 3 is 2.62 bits per heavy atom. The van der Waals surface area contributed by atoms with Crippen LogP contribution >= 0.6 is 0 Å². The van der Waals surface area contributed by atoms with Crippen molar-refractivity contribution >= 4 is 11.5 Å². The molecule has 34 heavy (non-hydrogen) atoms. The SMILES string of the molecule is CNc1cc(F)cc2c1Cc1nc(Oc3cnc(C4CC4)nc3)nc(N3CC4CCC3C4N)c1-2. The molecule has 1 saturated heterocycles. The van der Waals surface area contributed by atoms with E-state index < -0.39 is 0 Å². The molecule has 174 valence electrons. The fraction of sp³-hybridized carbons (Fsp3) is 0.440. The van der Waals surface area contributed by atoms with Crippen molar-refractivity contribution < 1.29 is 9.13 Å². The molecule has 9 heteroatoms. The minimum absolute atomic E-state index is 0.125. The van der Waals surface area contributed by atoms with E-state index in [9.17, 15) is 4.39 Å². The molecule has 2 saturated carbocycles. The van der Waals surface area contributed by atoms with Crippen LogP contribution in [0.25, 0.3) is 11.1 Å². The van der Waals surface area contributed by atoms with E-state index in [2.05, 4.69) is 20.2 Å². The van der Waals surface area contributed by atoms with Gasteiger partial charge in [-0.2, -0.15) is 9.97 Å². The maximum absolute atomic E-state index is 14.5. The molecule has 3 aliphatic carbocycles. The number of benzene rings is 1. The topological polar surface area (TPSA) is 102 Å². The average molecular weight is 460 g/mol. The molecular formula is C25H26FN7O. The number of rotatable bonds is 5. The number of hydrogen-bond donors (Lipinski definition) is 2. The zero-order chi connectivity index (χ0) is 23.0. The van der Waals surface area contributed by atoms with Crippen LogP contribution in [0.2, 0.25) is 0 Å². The van der Waals surface area contributed by atoms with Gasteiger partial charge in [0.2, 0.25) is 0 Å². The van der Waals surface area contributed by atoms with Crippen molar-refractivity contribution in [3.05, 3.63) is 47.4 Å². The van der Waals surface area contributed by atoms with E-state index in [4.69, 9.17) is 20.4 Å². The predicted octanol–water partition coefficient (Wildman–Crippen LogP) is 3.61. The standard InChI is InChI=1S/C25H26FN7O/c1-28-18-7-14(26)6-17-16(18)8-19-21(17)24(33-11-13-4-5-20(33)22(13)27)32-25(31-19)34-15-9-29-23(30-10-15)12-2-3-12/h6-7,9-10,12-13,20,22,28H,2-5,8,11,27H2,1H3. The zero-order valence-corrected chi connectivity index (χ0v) is 19.0. The van der Waals surface area contributed by atoms with Gasteiger partial charge in [0, 0.05) is 49.3 Å². The molecule has 3 N–H and O–H groups in total. The first kappa shape index (κ1) is 20.1. The van der Waals surface area contributed by atoms with Crippen molar-refractivity contribution in [1.82, 2.24) is 19.9 Å². The Morgan fingerprint density at radius 1 is 1.12 bits per heavy atom. The van der Waals surface area contributed by atoms with E-state index in [1.807, 2.05) is 7.05 Å². The highest BCUT2D eigenvalue weighted by Gasteiger charge is 2.47. The number of ether oxygens (including phenoxy) is 1. The lowest BCUT2D eigenvalue weighted by molar-refractivity contribution is 0.434. The van der Waals surface area contributed by atoms with E-state index in [1.54, 1.807) is 18.5 Å². The summed E-state index contributed by atoms with van der Waals surface area (Å²) in [5.74, 6) is 2.80. The molecule has 3 aromatic rings. The number of fused-ring (bicyclic) bond motifs is 5. The Kier molecular flexibility index (Phi) is 4.33. The molecule has 7 rings (SSSR count). The number of nitrogens with one attached hydrogen (secondary N) is 1. The summed E-state index contributed by atoms with van der Waals surface area (Å²) in [7, 11) is 1.81. The predicted molar refractivity (Wildman–Crippen MR) is 126 cm³/mol. The average Bonchev–Trinajstić information content (AvgIpc) is 3.47. The van der Waals surface area contributed by atoms with Crippen LogP contribution in [0.1, 0.15) is 48.7 Å². The van der Waals surface area contributed by atoms with Crippen molar-refractivity contribution in [1.29, 1.82) is 0 Å². The maximum atomic E-state index is 14.5. The molecule has 0 radical (unpaired) electrons. The van der Waals surface area contributed by atoms with Crippen molar-refractivity contribution in [3.8, 4) is 22.9 Å². The van der Waals surface area contributed by atoms with Gasteiger partial charge in [0.05, 0.1) is 18.1 Å². The summed E-state index contributed by atoms with van der Waals surface area (Å²) in [6, 6.07) is 3.72. The number of nitrogens with two attached hydrogens (primary N) is 1. The Balaban J connectivity index is 1.32. The molecule has 2 bridgehead atoms. The maximum Gasteiger partial charge on any atom is 0.324 e. The second kappa shape index (κ2) is 7.33. The quantitative estimate of drug-likeness (QED) is 0.467. The van der Waals surface area contributed by atoms with Crippen LogP contribution in [-0.2, 0) is 6.42 Å². The molecule has 3 unspecified atom stereocenters. The molecular weight excluding hydrogens is 433 g/mol. The van der Waals surface area contributed by atoms with Gasteiger partial charge in [-0.3, -0.25) is 0 Å². The number of piperidine rings is 1. The van der Waals surface area contributed by atoms with Crippen LogP contribution in [0.4, 0.5) is 15.9 Å². The first-order chi connectivity index (χ1) is 16.6. The molecule has 0 spiro atoms. The number of halogens is 1. The molecule has 1 aromatic carbocycles. The Labute approximate surface area is 196 Å². The van der Waals surface area contributed by atoms with Crippen LogP contribution in [0, 0.1) is 11.7 Å². The van der Waals surface area contributed by atoms with E-state index in [0.717, 1.165) is 71.9 Å². The van der Waals surface area contributed by atoms with Gasteiger partial charge in [0.1, 0.15) is 17.5 Å². The van der Waals surface area contributed by atoms with Crippen molar-refractivity contribution in [3.63, 3.8) is 0 Å². The van der Waals surface area contributed by atoms with Gasteiger partial charge >= 0.3 is 6.01 Å². The summed E-state index contributed by atoms with van der Waals surface area (Å²) in [6.07, 6.45) is 8.43. The molecule has 4 aliphatic rings. The summed E-state index contributed by atoms with van der Waals surface area (Å²) in [6.45, 7) is 0.845. The van der Waals surface area contributed by atoms with Gasteiger partial charge in [0.15, 0.2) is 5.75 Å². The van der Waals surface area contributed by atoms with E-state index >= 15 is 0 Å². The first-order valence-corrected chi connectivity index (χ1v) is 12.0. The lowest BCUT2D eigenvalue weighted by atomic mass is 10.0. The molecule has 3 fully saturated rings. The largest absolute Gasteiger partial charge is 0.421 e. The van der Waals surface area contributed by atoms with Crippen molar-refractivity contribution in [2.45, 2.75) is 50.1 Å². The molecule has 3 atom stereocenters. The molecule has 8 nitrogen and oxygen atoms in total. The number of hydrogen-bond acceptors (Lipinski definition) is 8. The van der Waals surface area contributed by atoms with Crippen LogP contribution < -0.4 is 20.7 Å². The zero-order valence-electron chi connectivity index (χ0n) is 19.0. The Hall–Kier alpha value is -3.33. The lowest BCUT2D eigenvalue weighted by Crippen LogP contribution is -2.38. The highest BCUT2D eigenvalue weighted by Crippen LogP contribution is 2.49. The van der Waals surface area contributed by atoms with Gasteiger partial charge in [0.25, 0.3) is 0 Å². The smallest absolute Gasteiger partial charge is 0.324 e. The first-order valence-electron chi connectivity index (χ1n) is 12.0. The lowest BCUT2D eigenvalue weighted by Gasteiger charge is -2.30. The van der Waals surface area contributed by atoms with Gasteiger partial charge in [-0.15, -0.1) is 0 Å². The van der Waals surface area contributed by atoms with E-state index in [-0.39, 0.29) is 23.9 Å². The van der Waals surface area contributed by atoms with Crippen LogP contribution in [0.3, 0.4) is 0 Å². The molecule has 0 amide bonds. The van der Waals surface area contributed by atoms with Gasteiger partial charge in [-0.25, -0.2) is 14.4 Å². The summed E-state index contributed by atoms with van der Waals surface area (Å²) >= 11 is 0. The van der Waals surface area contributed by atoms with Crippen LogP contribution in [0.15, 0.2) is 24.5 Å². The third-order valence-electron chi connectivity index (χ3n) is 7.77. The molecule has 2 aromatic heterocycles. The second-order valence-electron chi connectivity index (χ2n) is 9.85. The summed E-state index contributed by atoms with van der Waals surface area (Å²) < 4.78 is 20.6. The third kappa shape index (κ3) is 3.06. The Bertz CT molecular complexity index is 1290. The van der Waals surface area contributed by atoms with E-state index in [1.165, 1.54) is 6.07 Å². The molecule has 1 aliphatic heterocycles. The number of nitrogens with zero attached hydrogens (tertiary/aromatic N) is 5. The van der Waals surface area contributed by atoms with E-state index in [0.29, 0.717) is 24.0 Å². The van der Waals surface area contributed by atoms with Crippen LogP contribution in [0.5, 0.6) is 11.8 Å². The van der Waals surface area contributed by atoms with Gasteiger partial charge < -0.3 is 20.7 Å². The fourth-order valence-corrected chi connectivity index (χ4v) is 5.90. The van der Waals surface area contributed by atoms with Crippen molar-refractivity contribution in [2.75, 3.05) is 23.8 Å². The minimum Gasteiger partial charge on any atom is -0.421 e. The normalized spacial score (nSPS) is 24.3. The number of anilines is 2. The highest BCUT2D eigenvalue weighted by molar-refractivity contribution is 5.88. The Morgan fingerprint density at radius 2 is 1.94 bits per heavy atom. The summed E-state index contributed by atoms with van der Waals surface area (Å²) in [4.78, 5) is 20.8. The minimum atomic E-state index is -0.283. The second-order valence-corrected chi connectivity index (χ2v) is 9.85. The van der Waals surface area contributed by atoms with Gasteiger partial charge in [-0.1, -0.05) is 0 Å². The fourth-order valence-electron chi connectivity index (χ4n) is 5.90. The third-order valence-corrected chi connectivity index (χ3v) is 7.77. The monoisotopic (exact) mass is 459 g/mol.